The first-order chi connectivity index (χ1) is 13.3. The van der Waals surface area contributed by atoms with E-state index in [4.69, 9.17) is 0 Å². The summed E-state index contributed by atoms with van der Waals surface area (Å²) in [6.07, 6.45) is -0.0517. The van der Waals surface area contributed by atoms with E-state index in [1.165, 1.54) is 43.3 Å². The van der Waals surface area contributed by atoms with Gasteiger partial charge >= 0.3 is 0 Å². The SMILES string of the molecule is C[C@]12C(=O)c3cccc(O)c3C(=O)[C@H]1CC1=C2C(=O)c2c(O)cccc2C1=O. The molecular formula is C22H14O6. The molecule has 5 rings (SSSR count). The van der Waals surface area contributed by atoms with Crippen molar-refractivity contribution in [3.05, 3.63) is 69.8 Å². The molecule has 0 aromatic heterocycles. The number of fused-ring (bicyclic) bond motifs is 4. The highest BCUT2D eigenvalue weighted by Gasteiger charge is 2.61. The first-order valence-corrected chi connectivity index (χ1v) is 8.84. The normalized spacial score (nSPS) is 25.4. The second-order valence-electron chi connectivity index (χ2n) is 7.56. The number of carbonyl (C=O) groups excluding carboxylic acids is 4. The Bertz CT molecular complexity index is 1200. The van der Waals surface area contributed by atoms with E-state index in [9.17, 15) is 29.4 Å². The minimum Gasteiger partial charge on any atom is -0.507 e. The number of aromatic hydroxyl groups is 2. The van der Waals surface area contributed by atoms with Crippen molar-refractivity contribution in [2.24, 2.45) is 11.3 Å². The number of hydrogen-bond donors (Lipinski definition) is 2. The summed E-state index contributed by atoms with van der Waals surface area (Å²) >= 11 is 0. The first kappa shape index (κ1) is 16.6. The zero-order chi connectivity index (χ0) is 20.0. The lowest BCUT2D eigenvalue weighted by atomic mass is 9.61. The lowest BCUT2D eigenvalue weighted by molar-refractivity contribution is 0.0649. The highest BCUT2D eigenvalue weighted by molar-refractivity contribution is 6.33. The smallest absolute Gasteiger partial charge is 0.194 e. The summed E-state index contributed by atoms with van der Waals surface area (Å²) in [7, 11) is 0. The average molecular weight is 374 g/mol. The predicted molar refractivity (Wildman–Crippen MR) is 96.8 cm³/mol. The molecule has 6 nitrogen and oxygen atoms in total. The van der Waals surface area contributed by atoms with Gasteiger partial charge in [0.15, 0.2) is 23.1 Å². The third kappa shape index (κ3) is 1.68. The molecule has 0 heterocycles. The molecule has 3 aliphatic carbocycles. The van der Waals surface area contributed by atoms with Crippen molar-refractivity contribution in [1.29, 1.82) is 0 Å². The van der Waals surface area contributed by atoms with Crippen LogP contribution < -0.4 is 0 Å². The summed E-state index contributed by atoms with van der Waals surface area (Å²) in [5.74, 6) is -3.56. The van der Waals surface area contributed by atoms with Gasteiger partial charge in [-0.15, -0.1) is 0 Å². The highest BCUT2D eigenvalue weighted by Crippen LogP contribution is 2.57. The Morgan fingerprint density at radius 3 is 2.14 bits per heavy atom. The maximum absolute atomic E-state index is 13.4. The molecule has 2 aromatic carbocycles. The third-order valence-electron chi connectivity index (χ3n) is 6.26. The van der Waals surface area contributed by atoms with Crippen molar-refractivity contribution in [2.45, 2.75) is 13.3 Å². The van der Waals surface area contributed by atoms with E-state index in [2.05, 4.69) is 0 Å². The second-order valence-corrected chi connectivity index (χ2v) is 7.56. The number of benzene rings is 2. The lowest BCUT2D eigenvalue weighted by Crippen LogP contribution is -2.45. The molecule has 138 valence electrons. The highest BCUT2D eigenvalue weighted by atomic mass is 16.3. The van der Waals surface area contributed by atoms with Crippen LogP contribution in [0.4, 0.5) is 0 Å². The molecule has 3 aliphatic rings. The quantitative estimate of drug-likeness (QED) is 0.734. The largest absolute Gasteiger partial charge is 0.507 e. The van der Waals surface area contributed by atoms with Gasteiger partial charge < -0.3 is 10.2 Å². The van der Waals surface area contributed by atoms with Crippen molar-refractivity contribution in [1.82, 2.24) is 0 Å². The van der Waals surface area contributed by atoms with E-state index in [-0.39, 0.29) is 51.3 Å². The van der Waals surface area contributed by atoms with Gasteiger partial charge in [0, 0.05) is 28.2 Å². The Labute approximate surface area is 159 Å². The molecule has 0 spiro atoms. The molecule has 0 radical (unpaired) electrons. The van der Waals surface area contributed by atoms with Gasteiger partial charge in [-0.2, -0.15) is 0 Å². The van der Waals surface area contributed by atoms with Crippen LogP contribution in [0.3, 0.4) is 0 Å². The first-order valence-electron chi connectivity index (χ1n) is 8.84. The van der Waals surface area contributed by atoms with Gasteiger partial charge in [-0.05, 0) is 25.5 Å². The summed E-state index contributed by atoms with van der Waals surface area (Å²) in [6.45, 7) is 1.50. The van der Waals surface area contributed by atoms with Crippen LogP contribution in [0.5, 0.6) is 11.5 Å². The van der Waals surface area contributed by atoms with Crippen LogP contribution in [0.2, 0.25) is 0 Å². The minimum absolute atomic E-state index is 0.0103. The summed E-state index contributed by atoms with van der Waals surface area (Å²) in [5.41, 5.74) is -1.45. The Morgan fingerprint density at radius 1 is 0.857 bits per heavy atom. The number of carbonyl (C=O) groups is 4. The molecule has 2 atom stereocenters. The molecule has 0 saturated heterocycles. The van der Waals surface area contributed by atoms with Gasteiger partial charge in [0.05, 0.1) is 16.5 Å². The summed E-state index contributed by atoms with van der Waals surface area (Å²) in [4.78, 5) is 52.9. The molecule has 2 N–H and O–H groups in total. The number of allylic oxidation sites excluding steroid dienone is 2. The topological polar surface area (TPSA) is 109 Å². The molecule has 28 heavy (non-hydrogen) atoms. The van der Waals surface area contributed by atoms with Gasteiger partial charge in [0.25, 0.3) is 0 Å². The monoisotopic (exact) mass is 374 g/mol. The summed E-state index contributed by atoms with van der Waals surface area (Å²) in [6, 6.07) is 8.47. The zero-order valence-corrected chi connectivity index (χ0v) is 14.8. The molecule has 0 bridgehead atoms. The van der Waals surface area contributed by atoms with Crippen LogP contribution >= 0.6 is 0 Å². The van der Waals surface area contributed by atoms with E-state index < -0.39 is 34.5 Å². The zero-order valence-electron chi connectivity index (χ0n) is 14.8. The summed E-state index contributed by atoms with van der Waals surface area (Å²) in [5, 5.41) is 20.3. The van der Waals surface area contributed by atoms with Gasteiger partial charge in [-0.1, -0.05) is 24.3 Å². The fraction of sp³-hybridized carbons (Fsp3) is 0.182. The number of phenolic OH excluding ortho intramolecular Hbond substituents is 2. The van der Waals surface area contributed by atoms with Gasteiger partial charge in [-0.25, -0.2) is 0 Å². The lowest BCUT2D eigenvalue weighted by Gasteiger charge is -2.37. The number of hydrogen-bond acceptors (Lipinski definition) is 6. The molecule has 0 fully saturated rings. The van der Waals surface area contributed by atoms with Crippen molar-refractivity contribution in [3.63, 3.8) is 0 Å². The third-order valence-corrected chi connectivity index (χ3v) is 6.26. The Hall–Kier alpha value is -3.54. The molecule has 0 amide bonds. The number of rotatable bonds is 0. The maximum atomic E-state index is 13.4. The van der Waals surface area contributed by atoms with E-state index >= 15 is 0 Å². The van der Waals surface area contributed by atoms with E-state index in [1.54, 1.807) is 0 Å². The van der Waals surface area contributed by atoms with Gasteiger partial charge in [0.1, 0.15) is 11.5 Å². The Balaban J connectivity index is 1.78. The maximum Gasteiger partial charge on any atom is 0.194 e. The number of ketones is 4. The van der Waals surface area contributed by atoms with Crippen LogP contribution in [-0.2, 0) is 0 Å². The number of phenols is 2. The van der Waals surface area contributed by atoms with Crippen LogP contribution in [0.1, 0.15) is 54.8 Å². The molecule has 2 aromatic rings. The van der Waals surface area contributed by atoms with Gasteiger partial charge in [0.2, 0.25) is 0 Å². The van der Waals surface area contributed by atoms with Crippen LogP contribution in [0, 0.1) is 11.3 Å². The fourth-order valence-electron chi connectivity index (χ4n) is 4.90. The second kappa shape index (κ2) is 5.04. The number of Topliss-reactive ketones (excluding diaryl/α,β-unsaturated/α-hetero) is 4. The van der Waals surface area contributed by atoms with Crippen molar-refractivity contribution >= 4 is 23.1 Å². The van der Waals surface area contributed by atoms with Crippen LogP contribution in [0.15, 0.2) is 47.5 Å². The fourth-order valence-corrected chi connectivity index (χ4v) is 4.90. The van der Waals surface area contributed by atoms with E-state index in [1.807, 2.05) is 0 Å². The molecule has 0 unspecified atom stereocenters. The Kier molecular flexibility index (Phi) is 2.99. The van der Waals surface area contributed by atoms with Crippen molar-refractivity contribution in [2.75, 3.05) is 0 Å². The molecular weight excluding hydrogens is 360 g/mol. The van der Waals surface area contributed by atoms with E-state index in [0.717, 1.165) is 0 Å². The standard InChI is InChI=1S/C22H14O6/c1-22-12(19(26)16-10(21(22)28)5-3-7-14(16)24)8-11-17(22)20(27)15-9(18(11)25)4-2-6-13(15)23/h2-7,12,23-24H,8H2,1H3/t12-,22+/m1/s1. The van der Waals surface area contributed by atoms with Crippen molar-refractivity contribution in [3.8, 4) is 11.5 Å². The molecule has 0 aliphatic heterocycles. The van der Waals surface area contributed by atoms with E-state index in [0.29, 0.717) is 0 Å². The molecule has 0 saturated carbocycles. The van der Waals surface area contributed by atoms with Crippen molar-refractivity contribution < 1.29 is 29.4 Å². The Morgan fingerprint density at radius 2 is 1.46 bits per heavy atom. The van der Waals surface area contributed by atoms with Crippen LogP contribution in [0.25, 0.3) is 0 Å². The summed E-state index contributed by atoms with van der Waals surface area (Å²) < 4.78 is 0. The molecule has 6 heteroatoms. The van der Waals surface area contributed by atoms with Crippen LogP contribution in [-0.4, -0.2) is 33.3 Å². The average Bonchev–Trinajstić information content (AvgIpc) is 2.99. The van der Waals surface area contributed by atoms with Gasteiger partial charge in [-0.3, -0.25) is 19.2 Å². The predicted octanol–water partition coefficient (Wildman–Crippen LogP) is 2.88. The minimum atomic E-state index is -1.51.